The van der Waals surface area contributed by atoms with E-state index in [4.69, 9.17) is 15.9 Å². The number of aromatic hydroxyl groups is 4. The molecule has 0 saturated heterocycles. The van der Waals surface area contributed by atoms with Gasteiger partial charge in [0.05, 0.1) is 0 Å². The third-order valence-corrected chi connectivity index (χ3v) is 1.88. The van der Waals surface area contributed by atoms with Crippen molar-refractivity contribution in [3.05, 3.63) is 5.56 Å². The highest BCUT2D eigenvalue weighted by Crippen LogP contribution is 2.48. The van der Waals surface area contributed by atoms with Crippen molar-refractivity contribution < 1.29 is 20.4 Å². The average molecular weight is 185 g/mol. The zero-order chi connectivity index (χ0) is 10.2. The molecule has 0 amide bonds. The van der Waals surface area contributed by atoms with Crippen LogP contribution in [0.15, 0.2) is 0 Å². The van der Waals surface area contributed by atoms with Crippen LogP contribution in [-0.4, -0.2) is 20.4 Å². The highest BCUT2D eigenvalue weighted by atomic mass is 16.3. The van der Waals surface area contributed by atoms with Crippen molar-refractivity contribution in [2.75, 3.05) is 5.73 Å². The van der Waals surface area contributed by atoms with Crippen LogP contribution in [0, 0.1) is 0 Å². The van der Waals surface area contributed by atoms with Gasteiger partial charge in [0.15, 0.2) is 11.5 Å². The number of phenolic OH excluding ortho intramolecular Hbond substituents is 4. The second-order valence-corrected chi connectivity index (χ2v) is 2.64. The van der Waals surface area contributed by atoms with E-state index in [-0.39, 0.29) is 11.3 Å². The fourth-order valence-electron chi connectivity index (χ4n) is 1.10. The molecule has 0 aromatic heterocycles. The molecule has 0 aliphatic carbocycles. The molecular formula is C8H11NO4. The van der Waals surface area contributed by atoms with Crippen LogP contribution >= 0.6 is 0 Å². The van der Waals surface area contributed by atoms with E-state index in [0.717, 1.165) is 0 Å². The number of rotatable bonds is 1. The summed E-state index contributed by atoms with van der Waals surface area (Å²) in [5.74, 6) is -2.33. The Hall–Kier alpha value is -1.78. The lowest BCUT2D eigenvalue weighted by atomic mass is 10.1. The summed E-state index contributed by atoms with van der Waals surface area (Å²) in [6.07, 6.45) is 0.301. The number of benzene rings is 1. The van der Waals surface area contributed by atoms with Gasteiger partial charge in [-0.1, -0.05) is 6.92 Å². The molecule has 1 rings (SSSR count). The summed E-state index contributed by atoms with van der Waals surface area (Å²) in [6, 6.07) is 0. The predicted octanol–water partition coefficient (Wildman–Crippen LogP) is 0.654. The zero-order valence-corrected chi connectivity index (χ0v) is 7.07. The summed E-state index contributed by atoms with van der Waals surface area (Å²) >= 11 is 0. The Morgan fingerprint density at radius 1 is 0.923 bits per heavy atom. The standard InChI is InChI=1S/C8H11NO4/c1-2-3-5(10)4(9)7(12)8(13)6(3)11/h10-13H,2,9H2,1H3. The molecule has 0 saturated carbocycles. The van der Waals surface area contributed by atoms with Gasteiger partial charge >= 0.3 is 0 Å². The van der Waals surface area contributed by atoms with Crippen molar-refractivity contribution in [3.8, 4) is 23.0 Å². The molecule has 0 unspecified atom stereocenters. The van der Waals surface area contributed by atoms with Crippen molar-refractivity contribution in [2.45, 2.75) is 13.3 Å². The minimum atomic E-state index is -0.702. The first-order valence-electron chi connectivity index (χ1n) is 3.74. The summed E-state index contributed by atoms with van der Waals surface area (Å²) in [5.41, 5.74) is 5.05. The predicted molar refractivity (Wildman–Crippen MR) is 46.9 cm³/mol. The van der Waals surface area contributed by atoms with Crippen LogP contribution in [0.1, 0.15) is 12.5 Å². The van der Waals surface area contributed by atoms with Crippen LogP contribution in [-0.2, 0) is 6.42 Å². The van der Waals surface area contributed by atoms with Crippen LogP contribution in [0.4, 0.5) is 5.69 Å². The van der Waals surface area contributed by atoms with E-state index in [1.54, 1.807) is 6.92 Å². The zero-order valence-electron chi connectivity index (χ0n) is 7.07. The van der Waals surface area contributed by atoms with Crippen LogP contribution in [0.5, 0.6) is 23.0 Å². The molecule has 1 aromatic rings. The molecule has 1 aromatic carbocycles. The molecule has 0 spiro atoms. The van der Waals surface area contributed by atoms with Crippen molar-refractivity contribution in [1.82, 2.24) is 0 Å². The fraction of sp³-hybridized carbons (Fsp3) is 0.250. The fourth-order valence-corrected chi connectivity index (χ4v) is 1.10. The van der Waals surface area contributed by atoms with Gasteiger partial charge in [-0.15, -0.1) is 0 Å². The number of phenols is 4. The average Bonchev–Trinajstić information content (AvgIpc) is 2.13. The van der Waals surface area contributed by atoms with Crippen molar-refractivity contribution in [2.24, 2.45) is 0 Å². The minimum Gasteiger partial charge on any atom is -0.505 e. The first-order chi connectivity index (χ1) is 6.00. The highest BCUT2D eigenvalue weighted by molar-refractivity contribution is 5.74. The van der Waals surface area contributed by atoms with Gasteiger partial charge in [0.2, 0.25) is 5.75 Å². The smallest absolute Gasteiger partial charge is 0.203 e. The van der Waals surface area contributed by atoms with Crippen molar-refractivity contribution in [1.29, 1.82) is 0 Å². The lowest BCUT2D eigenvalue weighted by Crippen LogP contribution is -1.92. The van der Waals surface area contributed by atoms with Crippen LogP contribution in [0.2, 0.25) is 0 Å². The Labute approximate surface area is 74.7 Å². The Morgan fingerprint density at radius 3 is 1.92 bits per heavy atom. The molecule has 0 fully saturated rings. The van der Waals surface area contributed by atoms with Gasteiger partial charge in [-0.25, -0.2) is 0 Å². The summed E-state index contributed by atoms with van der Waals surface area (Å²) in [7, 11) is 0. The molecule has 5 heteroatoms. The molecule has 0 radical (unpaired) electrons. The summed E-state index contributed by atoms with van der Waals surface area (Å²) in [6.45, 7) is 1.67. The third-order valence-electron chi connectivity index (χ3n) is 1.88. The maximum atomic E-state index is 9.33. The van der Waals surface area contributed by atoms with Crippen molar-refractivity contribution >= 4 is 5.69 Å². The van der Waals surface area contributed by atoms with Crippen LogP contribution in [0.3, 0.4) is 0 Å². The van der Waals surface area contributed by atoms with Crippen LogP contribution < -0.4 is 5.73 Å². The van der Waals surface area contributed by atoms with Gasteiger partial charge in [0.1, 0.15) is 11.4 Å². The number of nitrogen functional groups attached to an aromatic ring is 1. The van der Waals surface area contributed by atoms with Gasteiger partial charge in [-0.2, -0.15) is 0 Å². The topological polar surface area (TPSA) is 107 Å². The first kappa shape index (κ1) is 9.31. The molecule has 6 N–H and O–H groups in total. The summed E-state index contributed by atoms with van der Waals surface area (Å²) in [5, 5.41) is 36.8. The van der Waals surface area contributed by atoms with Gasteiger partial charge in [0.25, 0.3) is 0 Å². The second kappa shape index (κ2) is 2.93. The first-order valence-corrected chi connectivity index (χ1v) is 3.74. The van der Waals surface area contributed by atoms with E-state index in [0.29, 0.717) is 6.42 Å². The lowest BCUT2D eigenvalue weighted by molar-refractivity contribution is 0.359. The largest absolute Gasteiger partial charge is 0.505 e. The Bertz CT molecular complexity index is 319. The van der Waals surface area contributed by atoms with E-state index in [9.17, 15) is 10.2 Å². The normalized spacial score (nSPS) is 10.2. The molecule has 72 valence electrons. The number of anilines is 1. The Kier molecular flexibility index (Phi) is 2.10. The molecule has 0 aliphatic rings. The van der Waals surface area contributed by atoms with E-state index in [1.165, 1.54) is 0 Å². The Morgan fingerprint density at radius 2 is 1.46 bits per heavy atom. The summed E-state index contributed by atoms with van der Waals surface area (Å²) in [4.78, 5) is 0. The number of hydrogen-bond donors (Lipinski definition) is 5. The maximum absolute atomic E-state index is 9.33. The second-order valence-electron chi connectivity index (χ2n) is 2.64. The quantitative estimate of drug-likeness (QED) is 0.251. The van der Waals surface area contributed by atoms with E-state index in [1.807, 2.05) is 0 Å². The van der Waals surface area contributed by atoms with Gasteiger partial charge in [-0.05, 0) is 6.42 Å². The molecule has 0 bridgehead atoms. The molecule has 0 aliphatic heterocycles. The number of nitrogens with two attached hydrogens (primary N) is 1. The Balaban J connectivity index is 3.56. The molecule has 13 heavy (non-hydrogen) atoms. The van der Waals surface area contributed by atoms with Gasteiger partial charge in [-0.3, -0.25) is 0 Å². The van der Waals surface area contributed by atoms with Gasteiger partial charge in [0, 0.05) is 5.56 Å². The van der Waals surface area contributed by atoms with Gasteiger partial charge < -0.3 is 26.2 Å². The van der Waals surface area contributed by atoms with E-state index < -0.39 is 23.0 Å². The maximum Gasteiger partial charge on any atom is 0.203 e. The van der Waals surface area contributed by atoms with E-state index in [2.05, 4.69) is 0 Å². The van der Waals surface area contributed by atoms with Crippen LogP contribution in [0.25, 0.3) is 0 Å². The molecule has 0 atom stereocenters. The third kappa shape index (κ3) is 1.18. The number of hydrogen-bond acceptors (Lipinski definition) is 5. The lowest BCUT2D eigenvalue weighted by Gasteiger charge is -2.11. The molecule has 0 heterocycles. The monoisotopic (exact) mass is 185 g/mol. The summed E-state index contributed by atoms with van der Waals surface area (Å²) < 4.78 is 0. The minimum absolute atomic E-state index is 0.118. The van der Waals surface area contributed by atoms with Crippen molar-refractivity contribution in [3.63, 3.8) is 0 Å². The molecule has 5 nitrogen and oxygen atoms in total. The van der Waals surface area contributed by atoms with E-state index >= 15 is 0 Å². The highest BCUT2D eigenvalue weighted by Gasteiger charge is 2.19. The SMILES string of the molecule is CCc1c(O)c(N)c(O)c(O)c1O. The molecular weight excluding hydrogens is 174 g/mol.